The highest BCUT2D eigenvalue weighted by molar-refractivity contribution is 9.11. The van der Waals surface area contributed by atoms with E-state index in [2.05, 4.69) is 49.1 Å². The Labute approximate surface area is 115 Å². The molecule has 0 fully saturated rings. The van der Waals surface area contributed by atoms with Gasteiger partial charge >= 0.3 is 0 Å². The van der Waals surface area contributed by atoms with Crippen LogP contribution in [0.5, 0.6) is 0 Å². The summed E-state index contributed by atoms with van der Waals surface area (Å²) in [7, 11) is -0.733. The average molecular weight is 370 g/mol. The molecule has 0 spiro atoms. The highest BCUT2D eigenvalue weighted by Crippen LogP contribution is 2.24. The molecule has 0 saturated heterocycles. The van der Waals surface area contributed by atoms with Crippen LogP contribution in [0.4, 0.5) is 5.82 Å². The minimum absolute atomic E-state index is 0.258. The summed E-state index contributed by atoms with van der Waals surface area (Å²) in [5.74, 6) is 1.53. The van der Waals surface area contributed by atoms with Gasteiger partial charge in [-0.15, -0.1) is 0 Å². The molecule has 16 heavy (non-hydrogen) atoms. The van der Waals surface area contributed by atoms with E-state index in [-0.39, 0.29) is 6.04 Å². The van der Waals surface area contributed by atoms with Gasteiger partial charge < -0.3 is 5.32 Å². The van der Waals surface area contributed by atoms with Crippen molar-refractivity contribution in [2.75, 3.05) is 17.3 Å². The zero-order valence-corrected chi connectivity index (χ0v) is 13.2. The first-order chi connectivity index (χ1) is 7.49. The second-order valence-corrected chi connectivity index (χ2v) is 6.92. The molecule has 0 bridgehead atoms. The summed E-state index contributed by atoms with van der Waals surface area (Å²) >= 11 is 6.79. The first-order valence-electron chi connectivity index (χ1n) is 4.86. The number of nitrogens with zero attached hydrogens (tertiary/aromatic N) is 1. The van der Waals surface area contributed by atoms with Crippen LogP contribution in [0, 0.1) is 0 Å². The summed E-state index contributed by atoms with van der Waals surface area (Å²) in [6, 6.07) is 2.20. The summed E-state index contributed by atoms with van der Waals surface area (Å²) in [6.07, 6.45) is 4.34. The van der Waals surface area contributed by atoms with E-state index in [1.54, 1.807) is 12.5 Å². The Morgan fingerprint density at radius 1 is 1.56 bits per heavy atom. The molecule has 0 aliphatic heterocycles. The van der Waals surface area contributed by atoms with Crippen LogP contribution in [0.1, 0.15) is 13.3 Å². The maximum Gasteiger partial charge on any atom is 0.140 e. The second-order valence-electron chi connectivity index (χ2n) is 3.60. The van der Waals surface area contributed by atoms with Crippen LogP contribution in [0.25, 0.3) is 0 Å². The zero-order chi connectivity index (χ0) is 12.1. The molecule has 1 aromatic rings. The van der Waals surface area contributed by atoms with Crippen molar-refractivity contribution in [3.63, 3.8) is 0 Å². The van der Waals surface area contributed by atoms with Gasteiger partial charge in [-0.2, -0.15) is 0 Å². The van der Waals surface area contributed by atoms with E-state index >= 15 is 0 Å². The molecular weight excluding hydrogens is 356 g/mol. The number of hydrogen-bond acceptors (Lipinski definition) is 3. The summed E-state index contributed by atoms with van der Waals surface area (Å²) in [4.78, 5) is 4.26. The van der Waals surface area contributed by atoms with Gasteiger partial charge in [-0.05, 0) is 51.3 Å². The molecule has 0 saturated carbocycles. The number of hydrogen-bond donors (Lipinski definition) is 1. The molecule has 1 N–H and O–H groups in total. The maximum atomic E-state index is 11.0. The average Bonchev–Trinajstić information content (AvgIpc) is 2.19. The Hall–Kier alpha value is 0.0600. The summed E-state index contributed by atoms with van der Waals surface area (Å²) in [5, 5.41) is 3.28. The number of nitrogens with one attached hydrogen (secondary N) is 1. The van der Waals surface area contributed by atoms with Gasteiger partial charge in [0.05, 0.1) is 4.47 Å². The minimum atomic E-state index is -0.733. The zero-order valence-electron chi connectivity index (χ0n) is 9.17. The Bertz CT molecular complexity index is 387. The summed E-state index contributed by atoms with van der Waals surface area (Å²) in [5.41, 5.74) is 0. The van der Waals surface area contributed by atoms with Gasteiger partial charge in [0.2, 0.25) is 0 Å². The number of rotatable bonds is 5. The van der Waals surface area contributed by atoms with E-state index in [9.17, 15) is 4.21 Å². The van der Waals surface area contributed by atoms with Crippen LogP contribution in [0.15, 0.2) is 21.2 Å². The quantitative estimate of drug-likeness (QED) is 0.866. The standard InChI is InChI=1S/C10H14Br2N2OS/c1-7(3-4-16(2)15)14-10-9(12)5-8(11)6-13-10/h5-7H,3-4H2,1-2H3,(H,13,14). The molecular formula is C10H14Br2N2OS. The van der Waals surface area contributed by atoms with E-state index in [4.69, 9.17) is 0 Å². The molecule has 1 rings (SSSR count). The van der Waals surface area contributed by atoms with Crippen LogP contribution in [-0.4, -0.2) is 27.2 Å². The van der Waals surface area contributed by atoms with E-state index in [1.165, 1.54) is 0 Å². The molecule has 2 unspecified atom stereocenters. The Morgan fingerprint density at radius 3 is 2.81 bits per heavy atom. The number of aromatic nitrogens is 1. The molecule has 90 valence electrons. The summed E-state index contributed by atoms with van der Waals surface area (Å²) in [6.45, 7) is 2.06. The predicted molar refractivity (Wildman–Crippen MR) is 76.3 cm³/mol. The SMILES string of the molecule is CC(CCS(C)=O)Nc1ncc(Br)cc1Br. The lowest BCUT2D eigenvalue weighted by atomic mass is 10.2. The lowest BCUT2D eigenvalue weighted by Gasteiger charge is -2.14. The molecule has 0 aliphatic carbocycles. The third kappa shape index (κ3) is 4.93. The van der Waals surface area contributed by atoms with Gasteiger partial charge in [0.15, 0.2) is 0 Å². The van der Waals surface area contributed by atoms with Crippen LogP contribution < -0.4 is 5.32 Å². The van der Waals surface area contributed by atoms with Crippen LogP contribution in [0.2, 0.25) is 0 Å². The highest BCUT2D eigenvalue weighted by atomic mass is 79.9. The molecule has 1 heterocycles. The fourth-order valence-corrected chi connectivity index (χ4v) is 2.96. The molecule has 0 aliphatic rings. The van der Waals surface area contributed by atoms with Crippen molar-refractivity contribution < 1.29 is 4.21 Å². The van der Waals surface area contributed by atoms with E-state index in [0.717, 1.165) is 21.2 Å². The van der Waals surface area contributed by atoms with Crippen molar-refractivity contribution in [1.82, 2.24) is 4.98 Å². The van der Waals surface area contributed by atoms with Gasteiger partial charge in [0, 0.05) is 39.5 Å². The van der Waals surface area contributed by atoms with Crippen molar-refractivity contribution in [1.29, 1.82) is 0 Å². The number of halogens is 2. The van der Waals surface area contributed by atoms with Crippen molar-refractivity contribution >= 4 is 48.5 Å². The first kappa shape index (κ1) is 14.1. The number of anilines is 1. The Kier molecular flexibility index (Phi) is 5.92. The lowest BCUT2D eigenvalue weighted by Crippen LogP contribution is -2.18. The van der Waals surface area contributed by atoms with E-state index < -0.39 is 10.8 Å². The summed E-state index contributed by atoms with van der Waals surface area (Å²) < 4.78 is 12.8. The van der Waals surface area contributed by atoms with Crippen molar-refractivity contribution in [2.24, 2.45) is 0 Å². The number of pyridine rings is 1. The van der Waals surface area contributed by atoms with E-state index in [1.807, 2.05) is 6.07 Å². The third-order valence-electron chi connectivity index (χ3n) is 2.03. The molecule has 0 amide bonds. The largest absolute Gasteiger partial charge is 0.367 e. The van der Waals surface area contributed by atoms with Gasteiger partial charge in [0.25, 0.3) is 0 Å². The molecule has 3 nitrogen and oxygen atoms in total. The smallest absolute Gasteiger partial charge is 0.140 e. The lowest BCUT2D eigenvalue weighted by molar-refractivity contribution is 0.678. The monoisotopic (exact) mass is 368 g/mol. The predicted octanol–water partition coefficient (Wildman–Crippen LogP) is 3.18. The topological polar surface area (TPSA) is 42.0 Å². The van der Waals surface area contributed by atoms with E-state index in [0.29, 0.717) is 5.75 Å². The molecule has 0 radical (unpaired) electrons. The molecule has 6 heteroatoms. The third-order valence-corrected chi connectivity index (χ3v) is 3.88. The molecule has 1 aromatic heterocycles. The minimum Gasteiger partial charge on any atom is -0.367 e. The van der Waals surface area contributed by atoms with Gasteiger partial charge in [-0.1, -0.05) is 0 Å². The fraction of sp³-hybridized carbons (Fsp3) is 0.500. The highest BCUT2D eigenvalue weighted by Gasteiger charge is 2.07. The normalized spacial score (nSPS) is 14.5. The maximum absolute atomic E-state index is 11.0. The van der Waals surface area contributed by atoms with Gasteiger partial charge in [-0.3, -0.25) is 4.21 Å². The van der Waals surface area contributed by atoms with Crippen molar-refractivity contribution in [3.05, 3.63) is 21.2 Å². The fourth-order valence-electron chi connectivity index (χ4n) is 1.17. The second kappa shape index (κ2) is 6.71. The Morgan fingerprint density at radius 2 is 2.25 bits per heavy atom. The van der Waals surface area contributed by atoms with Crippen LogP contribution in [-0.2, 0) is 10.8 Å². The molecule has 0 aromatic carbocycles. The van der Waals surface area contributed by atoms with Gasteiger partial charge in [0.1, 0.15) is 5.82 Å². The van der Waals surface area contributed by atoms with Crippen molar-refractivity contribution in [2.45, 2.75) is 19.4 Å². The Balaban J connectivity index is 2.55. The first-order valence-corrected chi connectivity index (χ1v) is 8.18. The van der Waals surface area contributed by atoms with Crippen LogP contribution >= 0.6 is 31.9 Å². The van der Waals surface area contributed by atoms with Gasteiger partial charge in [-0.25, -0.2) is 4.98 Å². The van der Waals surface area contributed by atoms with Crippen molar-refractivity contribution in [3.8, 4) is 0 Å². The van der Waals surface area contributed by atoms with Crippen LogP contribution in [0.3, 0.4) is 0 Å². The molecule has 2 atom stereocenters.